The summed E-state index contributed by atoms with van der Waals surface area (Å²) in [6.45, 7) is 6.11. The van der Waals surface area contributed by atoms with Crippen molar-refractivity contribution in [2.45, 2.75) is 46.1 Å². The molecule has 6 heteroatoms. The summed E-state index contributed by atoms with van der Waals surface area (Å²) < 4.78 is 0. The van der Waals surface area contributed by atoms with Gasteiger partial charge in [0.2, 0.25) is 5.91 Å². The second-order valence-corrected chi connectivity index (χ2v) is 8.68. The highest BCUT2D eigenvalue weighted by molar-refractivity contribution is 6.21. The molecule has 0 fully saturated rings. The first-order valence-corrected chi connectivity index (χ1v) is 10.7. The summed E-state index contributed by atoms with van der Waals surface area (Å²) in [4.78, 5) is 38.6. The lowest BCUT2D eigenvalue weighted by Gasteiger charge is -2.33. The van der Waals surface area contributed by atoms with Gasteiger partial charge in [0.15, 0.2) is 0 Å². The third-order valence-electron chi connectivity index (χ3n) is 6.06. The van der Waals surface area contributed by atoms with Crippen LogP contribution in [0, 0.1) is 12.3 Å². The third kappa shape index (κ3) is 5.20. The minimum atomic E-state index is -0.602. The number of fused-ring (bicyclic) bond motifs is 1. The van der Waals surface area contributed by atoms with E-state index in [1.165, 1.54) is 4.90 Å². The third-order valence-corrected chi connectivity index (χ3v) is 6.06. The van der Waals surface area contributed by atoms with Gasteiger partial charge in [-0.15, -0.1) is 0 Å². The molecular weight excluding hydrogens is 392 g/mol. The Morgan fingerprint density at radius 1 is 1.10 bits per heavy atom. The summed E-state index contributed by atoms with van der Waals surface area (Å²) in [7, 11) is 0. The SMILES string of the molecule is Cc1ccc2c(c1)C(=O)N(CCCC(=O)NC[C@](C)(Cc1ccccc1)[C@@H](C)O)C2=O. The van der Waals surface area contributed by atoms with Crippen LogP contribution in [0.25, 0.3) is 0 Å². The number of hydrogen-bond donors (Lipinski definition) is 2. The van der Waals surface area contributed by atoms with Crippen molar-refractivity contribution in [3.63, 3.8) is 0 Å². The van der Waals surface area contributed by atoms with Crippen molar-refractivity contribution in [2.75, 3.05) is 13.1 Å². The van der Waals surface area contributed by atoms with E-state index in [1.807, 2.05) is 50.2 Å². The topological polar surface area (TPSA) is 86.7 Å². The Morgan fingerprint density at radius 2 is 1.77 bits per heavy atom. The van der Waals surface area contributed by atoms with E-state index in [4.69, 9.17) is 0 Å². The number of benzene rings is 2. The van der Waals surface area contributed by atoms with E-state index in [9.17, 15) is 19.5 Å². The molecule has 6 nitrogen and oxygen atoms in total. The van der Waals surface area contributed by atoms with Gasteiger partial charge in [-0.25, -0.2) is 0 Å². The van der Waals surface area contributed by atoms with Crippen molar-refractivity contribution in [1.29, 1.82) is 0 Å². The van der Waals surface area contributed by atoms with Crippen molar-refractivity contribution < 1.29 is 19.5 Å². The van der Waals surface area contributed by atoms with Crippen molar-refractivity contribution in [3.05, 3.63) is 70.8 Å². The summed E-state index contributed by atoms with van der Waals surface area (Å²) in [6, 6.07) is 15.1. The maximum Gasteiger partial charge on any atom is 0.261 e. The van der Waals surface area contributed by atoms with Crippen LogP contribution in [0.1, 0.15) is 58.5 Å². The molecule has 2 aromatic carbocycles. The summed E-state index contributed by atoms with van der Waals surface area (Å²) in [6.07, 6.45) is 0.628. The number of carbonyl (C=O) groups is 3. The molecule has 0 saturated heterocycles. The van der Waals surface area contributed by atoms with E-state index in [0.29, 0.717) is 30.5 Å². The maximum atomic E-state index is 12.5. The molecule has 164 valence electrons. The molecule has 3 amide bonds. The average molecular weight is 423 g/mol. The van der Waals surface area contributed by atoms with Crippen molar-refractivity contribution >= 4 is 17.7 Å². The number of hydrogen-bond acceptors (Lipinski definition) is 4. The van der Waals surface area contributed by atoms with E-state index in [0.717, 1.165) is 11.1 Å². The van der Waals surface area contributed by atoms with Gasteiger partial charge >= 0.3 is 0 Å². The second kappa shape index (κ2) is 9.43. The van der Waals surface area contributed by atoms with Gasteiger partial charge in [-0.2, -0.15) is 0 Å². The first-order valence-electron chi connectivity index (χ1n) is 10.7. The van der Waals surface area contributed by atoms with Crippen LogP contribution < -0.4 is 5.32 Å². The lowest BCUT2D eigenvalue weighted by Crippen LogP contribution is -2.44. The monoisotopic (exact) mass is 422 g/mol. The van der Waals surface area contributed by atoms with Crippen LogP contribution in [0.2, 0.25) is 0 Å². The largest absolute Gasteiger partial charge is 0.393 e. The zero-order valence-electron chi connectivity index (χ0n) is 18.4. The quantitative estimate of drug-likeness (QED) is 0.608. The molecule has 0 aromatic heterocycles. The molecule has 1 aliphatic heterocycles. The number of nitrogens with one attached hydrogen (secondary N) is 1. The minimum Gasteiger partial charge on any atom is -0.393 e. The van der Waals surface area contributed by atoms with Crippen molar-refractivity contribution in [2.24, 2.45) is 5.41 Å². The summed E-state index contributed by atoms with van der Waals surface area (Å²) in [5.74, 6) is -0.758. The van der Waals surface area contributed by atoms with Gasteiger partial charge in [-0.1, -0.05) is 48.9 Å². The Bertz CT molecular complexity index is 971. The number of carbonyl (C=O) groups excluding carboxylic acids is 3. The van der Waals surface area contributed by atoms with E-state index in [2.05, 4.69) is 5.32 Å². The molecule has 2 N–H and O–H groups in total. The van der Waals surface area contributed by atoms with Crippen LogP contribution in [-0.2, 0) is 11.2 Å². The van der Waals surface area contributed by atoms with E-state index >= 15 is 0 Å². The van der Waals surface area contributed by atoms with Crippen LogP contribution >= 0.6 is 0 Å². The average Bonchev–Trinajstić information content (AvgIpc) is 2.97. The molecule has 0 aliphatic carbocycles. The molecule has 1 aliphatic rings. The Kier molecular flexibility index (Phi) is 6.91. The number of imide groups is 1. The standard InChI is InChI=1S/C25H30N2O4/c1-17-11-12-20-21(14-17)24(31)27(23(20)30)13-7-10-22(29)26-16-25(3,18(2)28)15-19-8-5-4-6-9-19/h4-6,8-9,11-12,14,18,28H,7,10,13,15-16H2,1-3H3,(H,26,29)/t18-,25+/m1/s1. The number of aliphatic hydroxyl groups excluding tert-OH is 1. The molecule has 0 saturated carbocycles. The second-order valence-electron chi connectivity index (χ2n) is 8.68. The lowest BCUT2D eigenvalue weighted by molar-refractivity contribution is -0.122. The molecular formula is C25H30N2O4. The Balaban J connectivity index is 1.50. The van der Waals surface area contributed by atoms with Gasteiger partial charge in [0.25, 0.3) is 11.8 Å². The smallest absolute Gasteiger partial charge is 0.261 e. The predicted octanol–water partition coefficient (Wildman–Crippen LogP) is 3.12. The van der Waals surface area contributed by atoms with Gasteiger partial charge in [0.05, 0.1) is 17.2 Å². The number of nitrogens with zero attached hydrogens (tertiary/aromatic N) is 1. The number of amides is 3. The summed E-state index contributed by atoms with van der Waals surface area (Å²) in [5, 5.41) is 13.2. The van der Waals surface area contributed by atoms with E-state index < -0.39 is 11.5 Å². The molecule has 1 heterocycles. The van der Waals surface area contributed by atoms with E-state index in [-0.39, 0.29) is 30.7 Å². The molecule has 0 unspecified atom stereocenters. The maximum absolute atomic E-state index is 12.5. The molecule has 2 atom stereocenters. The Morgan fingerprint density at radius 3 is 2.45 bits per heavy atom. The highest BCUT2D eigenvalue weighted by Gasteiger charge is 2.35. The zero-order valence-corrected chi connectivity index (χ0v) is 18.4. The minimum absolute atomic E-state index is 0.160. The van der Waals surface area contributed by atoms with Gasteiger partial charge in [0, 0.05) is 24.9 Å². The molecule has 2 aromatic rings. The number of aliphatic hydroxyl groups is 1. The number of aryl methyl sites for hydroxylation is 1. The molecule has 0 spiro atoms. The molecule has 0 radical (unpaired) electrons. The fourth-order valence-electron chi connectivity index (χ4n) is 3.81. The van der Waals surface area contributed by atoms with Crippen LogP contribution in [-0.4, -0.2) is 46.9 Å². The van der Waals surface area contributed by atoms with Crippen LogP contribution in [0.3, 0.4) is 0 Å². The number of rotatable bonds is 9. The van der Waals surface area contributed by atoms with Crippen LogP contribution in [0.4, 0.5) is 0 Å². The first kappa shape index (κ1) is 22.7. The molecule has 0 bridgehead atoms. The van der Waals surface area contributed by atoms with Gasteiger partial charge < -0.3 is 10.4 Å². The predicted molar refractivity (Wildman–Crippen MR) is 119 cm³/mol. The van der Waals surface area contributed by atoms with Crippen molar-refractivity contribution in [1.82, 2.24) is 10.2 Å². The van der Waals surface area contributed by atoms with Gasteiger partial charge in [0.1, 0.15) is 0 Å². The fourth-order valence-corrected chi connectivity index (χ4v) is 3.81. The lowest BCUT2D eigenvalue weighted by atomic mass is 9.79. The fraction of sp³-hybridized carbons (Fsp3) is 0.400. The summed E-state index contributed by atoms with van der Waals surface area (Å²) in [5.41, 5.74) is 2.38. The zero-order chi connectivity index (χ0) is 22.6. The molecule has 3 rings (SSSR count). The van der Waals surface area contributed by atoms with Gasteiger partial charge in [-0.05, 0) is 44.4 Å². The first-order chi connectivity index (χ1) is 14.7. The van der Waals surface area contributed by atoms with Crippen LogP contribution in [0.5, 0.6) is 0 Å². The van der Waals surface area contributed by atoms with Crippen molar-refractivity contribution in [3.8, 4) is 0 Å². The highest BCUT2D eigenvalue weighted by Crippen LogP contribution is 2.27. The highest BCUT2D eigenvalue weighted by atomic mass is 16.3. The Hall–Kier alpha value is -2.99. The van der Waals surface area contributed by atoms with Gasteiger partial charge in [-0.3, -0.25) is 19.3 Å². The normalized spacial score (nSPS) is 16.1. The molecule has 31 heavy (non-hydrogen) atoms. The van der Waals surface area contributed by atoms with Crippen LogP contribution in [0.15, 0.2) is 48.5 Å². The van der Waals surface area contributed by atoms with E-state index in [1.54, 1.807) is 19.1 Å². The Labute approximate surface area is 183 Å². The summed E-state index contributed by atoms with van der Waals surface area (Å²) >= 11 is 0.